The van der Waals surface area contributed by atoms with Crippen molar-refractivity contribution in [3.8, 4) is 0 Å². The zero-order valence-electron chi connectivity index (χ0n) is 12.0. The number of hydrogen-bond acceptors (Lipinski definition) is 3. The average Bonchev–Trinajstić information content (AvgIpc) is 2.81. The van der Waals surface area contributed by atoms with Crippen LogP contribution in [0.4, 0.5) is 5.82 Å². The lowest BCUT2D eigenvalue weighted by molar-refractivity contribution is 0.204. The van der Waals surface area contributed by atoms with Gasteiger partial charge in [-0.1, -0.05) is 41.4 Å². The largest absolute Gasteiger partial charge is 0.383 e. The number of nitrogens with one attached hydrogen (secondary N) is 2. The van der Waals surface area contributed by atoms with Crippen LogP contribution in [0, 0.1) is 0 Å². The van der Waals surface area contributed by atoms with Gasteiger partial charge in [0.15, 0.2) is 10.9 Å². The molecule has 5 nitrogen and oxygen atoms in total. The predicted molar refractivity (Wildman–Crippen MR) is 93.9 cm³/mol. The zero-order valence-corrected chi connectivity index (χ0v) is 14.3. The average molecular weight is 359 g/mol. The SMILES string of the molecule is COCCNC(=S)Nc1nn(Cc2ccccc2Cl)cc1Cl. The summed E-state index contributed by atoms with van der Waals surface area (Å²) in [4.78, 5) is 0. The van der Waals surface area contributed by atoms with Gasteiger partial charge in [-0.3, -0.25) is 4.68 Å². The Kier molecular flexibility index (Phi) is 6.45. The molecule has 0 amide bonds. The third-order valence-corrected chi connectivity index (χ3v) is 3.72. The van der Waals surface area contributed by atoms with Crippen LogP contribution in [0.2, 0.25) is 10.0 Å². The molecule has 0 saturated heterocycles. The molecule has 1 heterocycles. The van der Waals surface area contributed by atoms with Gasteiger partial charge in [0, 0.05) is 24.9 Å². The number of halogens is 2. The van der Waals surface area contributed by atoms with Gasteiger partial charge in [0.25, 0.3) is 0 Å². The first-order chi connectivity index (χ1) is 10.6. The van der Waals surface area contributed by atoms with E-state index in [4.69, 9.17) is 40.2 Å². The Hall–Kier alpha value is -1.34. The van der Waals surface area contributed by atoms with E-state index in [1.165, 1.54) is 0 Å². The Morgan fingerprint density at radius 1 is 1.32 bits per heavy atom. The summed E-state index contributed by atoms with van der Waals surface area (Å²) < 4.78 is 6.65. The van der Waals surface area contributed by atoms with E-state index in [0.717, 1.165) is 5.56 Å². The van der Waals surface area contributed by atoms with Crippen LogP contribution in [0.25, 0.3) is 0 Å². The topological polar surface area (TPSA) is 51.1 Å². The molecule has 2 rings (SSSR count). The molecule has 1 aromatic heterocycles. The standard InChI is InChI=1S/C14H16Cl2N4OS/c1-21-7-6-17-14(22)18-13-12(16)9-20(19-13)8-10-4-2-3-5-11(10)15/h2-5,9H,6-8H2,1H3,(H2,17,18,19,22). The van der Waals surface area contributed by atoms with E-state index in [1.807, 2.05) is 24.3 Å². The highest BCUT2D eigenvalue weighted by atomic mass is 35.5. The molecule has 1 aromatic carbocycles. The fourth-order valence-electron chi connectivity index (χ4n) is 1.78. The summed E-state index contributed by atoms with van der Waals surface area (Å²) in [5.74, 6) is 0.503. The van der Waals surface area contributed by atoms with Crippen LogP contribution in [0.5, 0.6) is 0 Å². The highest BCUT2D eigenvalue weighted by Crippen LogP contribution is 2.21. The second kappa shape index (κ2) is 8.33. The Bertz CT molecular complexity index is 648. The molecule has 0 aliphatic carbocycles. The van der Waals surface area contributed by atoms with Gasteiger partial charge in [-0.25, -0.2) is 0 Å². The third kappa shape index (κ3) is 4.84. The van der Waals surface area contributed by atoms with Crippen LogP contribution in [0.15, 0.2) is 30.5 Å². The van der Waals surface area contributed by atoms with Crippen LogP contribution in [-0.4, -0.2) is 35.2 Å². The molecule has 0 atom stereocenters. The maximum atomic E-state index is 6.17. The quantitative estimate of drug-likeness (QED) is 0.613. The van der Waals surface area contributed by atoms with Crippen molar-refractivity contribution in [3.05, 3.63) is 46.1 Å². The van der Waals surface area contributed by atoms with Crippen LogP contribution in [-0.2, 0) is 11.3 Å². The van der Waals surface area contributed by atoms with E-state index >= 15 is 0 Å². The fourth-order valence-corrected chi connectivity index (χ4v) is 2.37. The molecule has 2 aromatic rings. The van der Waals surface area contributed by atoms with Crippen molar-refractivity contribution in [1.82, 2.24) is 15.1 Å². The number of thiocarbonyl (C=S) groups is 1. The van der Waals surface area contributed by atoms with Crippen molar-refractivity contribution in [3.63, 3.8) is 0 Å². The molecule has 0 saturated carbocycles. The van der Waals surface area contributed by atoms with Crippen molar-refractivity contribution >= 4 is 46.4 Å². The molecule has 0 unspecified atom stereocenters. The molecule has 0 spiro atoms. The molecular weight excluding hydrogens is 343 g/mol. The molecule has 0 aliphatic heterocycles. The van der Waals surface area contributed by atoms with Gasteiger partial charge in [0.2, 0.25) is 0 Å². The molecule has 0 fully saturated rings. The second-order valence-corrected chi connectivity index (χ2v) is 5.71. The zero-order chi connectivity index (χ0) is 15.9. The Morgan fingerprint density at radius 2 is 2.09 bits per heavy atom. The van der Waals surface area contributed by atoms with Crippen LogP contribution >= 0.6 is 35.4 Å². The monoisotopic (exact) mass is 358 g/mol. The lowest BCUT2D eigenvalue weighted by Crippen LogP contribution is -2.31. The van der Waals surface area contributed by atoms with Gasteiger partial charge < -0.3 is 15.4 Å². The predicted octanol–water partition coefficient (Wildman–Crippen LogP) is 3.17. The first kappa shape index (κ1) is 17.0. The summed E-state index contributed by atoms with van der Waals surface area (Å²) in [5.41, 5.74) is 0.968. The Morgan fingerprint density at radius 3 is 2.82 bits per heavy atom. The summed E-state index contributed by atoms with van der Waals surface area (Å²) in [6.45, 7) is 1.71. The number of hydrogen-bond donors (Lipinski definition) is 2. The van der Waals surface area contributed by atoms with Crippen molar-refractivity contribution in [2.75, 3.05) is 25.6 Å². The minimum atomic E-state index is 0.446. The van der Waals surface area contributed by atoms with Gasteiger partial charge in [0.1, 0.15) is 5.02 Å². The summed E-state index contributed by atoms with van der Waals surface area (Å²) >= 11 is 17.5. The number of methoxy groups -OCH3 is 1. The molecule has 8 heteroatoms. The van der Waals surface area contributed by atoms with Crippen molar-refractivity contribution in [2.45, 2.75) is 6.54 Å². The van der Waals surface area contributed by atoms with E-state index in [2.05, 4.69) is 15.7 Å². The Labute approximate surface area is 144 Å². The Balaban J connectivity index is 1.99. The number of benzene rings is 1. The number of anilines is 1. The molecule has 118 valence electrons. The summed E-state index contributed by atoms with van der Waals surface area (Å²) in [5, 5.41) is 12.0. The first-order valence-electron chi connectivity index (χ1n) is 6.60. The second-order valence-electron chi connectivity index (χ2n) is 4.49. The molecule has 0 bridgehead atoms. The highest BCUT2D eigenvalue weighted by molar-refractivity contribution is 7.80. The number of aromatic nitrogens is 2. The highest BCUT2D eigenvalue weighted by Gasteiger charge is 2.09. The summed E-state index contributed by atoms with van der Waals surface area (Å²) in [6.07, 6.45) is 1.73. The van der Waals surface area contributed by atoms with Crippen molar-refractivity contribution < 1.29 is 4.74 Å². The molecule has 2 N–H and O–H groups in total. The maximum absolute atomic E-state index is 6.17. The van der Waals surface area contributed by atoms with E-state index < -0.39 is 0 Å². The van der Waals surface area contributed by atoms with Crippen LogP contribution < -0.4 is 10.6 Å². The molecule has 0 aliphatic rings. The van der Waals surface area contributed by atoms with E-state index in [9.17, 15) is 0 Å². The van der Waals surface area contributed by atoms with Crippen molar-refractivity contribution in [2.24, 2.45) is 0 Å². The smallest absolute Gasteiger partial charge is 0.173 e. The van der Waals surface area contributed by atoms with Crippen LogP contribution in [0.1, 0.15) is 5.56 Å². The lowest BCUT2D eigenvalue weighted by Gasteiger charge is -2.08. The first-order valence-corrected chi connectivity index (χ1v) is 7.76. The summed E-state index contributed by atoms with van der Waals surface area (Å²) in [6, 6.07) is 7.61. The van der Waals surface area contributed by atoms with Gasteiger partial charge >= 0.3 is 0 Å². The van der Waals surface area contributed by atoms with E-state index in [0.29, 0.717) is 40.7 Å². The van der Waals surface area contributed by atoms with E-state index in [-0.39, 0.29) is 0 Å². The fraction of sp³-hybridized carbons (Fsp3) is 0.286. The van der Waals surface area contributed by atoms with Crippen molar-refractivity contribution in [1.29, 1.82) is 0 Å². The summed E-state index contributed by atoms with van der Waals surface area (Å²) in [7, 11) is 1.63. The minimum Gasteiger partial charge on any atom is -0.383 e. The maximum Gasteiger partial charge on any atom is 0.173 e. The van der Waals surface area contributed by atoms with E-state index in [1.54, 1.807) is 18.0 Å². The molecular formula is C14H16Cl2N4OS. The number of rotatable bonds is 6. The van der Waals surface area contributed by atoms with Gasteiger partial charge in [-0.2, -0.15) is 5.10 Å². The third-order valence-electron chi connectivity index (χ3n) is 2.83. The van der Waals surface area contributed by atoms with Gasteiger partial charge in [-0.15, -0.1) is 0 Å². The van der Waals surface area contributed by atoms with Gasteiger partial charge in [0.05, 0.1) is 13.2 Å². The van der Waals surface area contributed by atoms with Crippen LogP contribution in [0.3, 0.4) is 0 Å². The number of ether oxygens (including phenoxy) is 1. The number of nitrogens with zero attached hydrogens (tertiary/aromatic N) is 2. The normalized spacial score (nSPS) is 10.5. The lowest BCUT2D eigenvalue weighted by atomic mass is 10.2. The molecule has 0 radical (unpaired) electrons. The van der Waals surface area contributed by atoms with Gasteiger partial charge in [-0.05, 0) is 23.8 Å². The molecule has 22 heavy (non-hydrogen) atoms. The minimum absolute atomic E-state index is 0.446.